The molecule has 0 fully saturated rings. The highest BCUT2D eigenvalue weighted by Crippen LogP contribution is 2.33. The molecule has 0 atom stereocenters. The van der Waals surface area contributed by atoms with E-state index in [1.165, 1.54) is 30.3 Å². The van der Waals surface area contributed by atoms with Gasteiger partial charge in [-0.15, -0.1) is 5.11 Å². The number of amides is 2. The number of rotatable bonds is 8. The SMILES string of the molecule is NC(=O)Nc1cccc(N)c1N=Nc1ccc(S(=O)(=O)CCOS(=O)(=O)O)cc1. The number of anilines is 2. The average molecular weight is 443 g/mol. The highest BCUT2D eigenvalue weighted by Gasteiger charge is 2.16. The molecule has 2 rings (SSSR count). The number of azo groups is 1. The van der Waals surface area contributed by atoms with Crippen LogP contribution in [0.1, 0.15) is 0 Å². The van der Waals surface area contributed by atoms with Gasteiger partial charge >= 0.3 is 16.4 Å². The zero-order chi connectivity index (χ0) is 21.7. The average Bonchev–Trinajstić information content (AvgIpc) is 2.60. The molecule has 0 radical (unpaired) electrons. The lowest BCUT2D eigenvalue weighted by molar-refractivity contribution is 0.259. The van der Waals surface area contributed by atoms with Gasteiger partial charge in [-0.3, -0.25) is 4.55 Å². The van der Waals surface area contributed by atoms with E-state index in [-0.39, 0.29) is 27.6 Å². The van der Waals surface area contributed by atoms with Crippen LogP contribution in [0.2, 0.25) is 0 Å². The summed E-state index contributed by atoms with van der Waals surface area (Å²) in [6, 6.07) is 9.07. The highest BCUT2D eigenvalue weighted by atomic mass is 32.3. The van der Waals surface area contributed by atoms with Gasteiger partial charge in [0.05, 0.1) is 34.3 Å². The number of hydrogen-bond donors (Lipinski definition) is 4. The normalized spacial score (nSPS) is 12.2. The highest BCUT2D eigenvalue weighted by molar-refractivity contribution is 7.91. The van der Waals surface area contributed by atoms with Gasteiger partial charge in [0, 0.05) is 0 Å². The van der Waals surface area contributed by atoms with Crippen molar-refractivity contribution in [2.24, 2.45) is 16.0 Å². The Morgan fingerprint density at radius 1 is 1.07 bits per heavy atom. The van der Waals surface area contributed by atoms with Crippen molar-refractivity contribution in [3.05, 3.63) is 42.5 Å². The summed E-state index contributed by atoms with van der Waals surface area (Å²) in [4.78, 5) is 10.9. The molecule has 0 heterocycles. The van der Waals surface area contributed by atoms with Crippen LogP contribution in [0.25, 0.3) is 0 Å². The Hall–Kier alpha value is -3.07. The minimum atomic E-state index is -4.72. The number of carbonyl (C=O) groups is 1. The molecule has 2 amide bonds. The molecule has 29 heavy (non-hydrogen) atoms. The number of hydrogen-bond acceptors (Lipinski definition) is 9. The summed E-state index contributed by atoms with van der Waals surface area (Å²) in [6.07, 6.45) is 0. The molecule has 2 aromatic carbocycles. The number of carbonyl (C=O) groups excluding carboxylic acids is 1. The van der Waals surface area contributed by atoms with E-state index in [2.05, 4.69) is 19.7 Å². The molecule has 0 unspecified atom stereocenters. The molecule has 0 saturated heterocycles. The molecule has 0 bridgehead atoms. The first-order valence-electron chi connectivity index (χ1n) is 7.79. The van der Waals surface area contributed by atoms with Gasteiger partial charge in [-0.25, -0.2) is 17.4 Å². The molecule has 6 N–H and O–H groups in total. The second-order valence-corrected chi connectivity index (χ2v) is 8.70. The third-order valence-electron chi connectivity index (χ3n) is 3.37. The Morgan fingerprint density at radius 2 is 1.72 bits per heavy atom. The van der Waals surface area contributed by atoms with Gasteiger partial charge in [-0.1, -0.05) is 6.07 Å². The van der Waals surface area contributed by atoms with E-state index in [1.807, 2.05) is 0 Å². The Kier molecular flexibility index (Phi) is 6.86. The van der Waals surface area contributed by atoms with Gasteiger partial charge in [0.2, 0.25) is 0 Å². The van der Waals surface area contributed by atoms with Gasteiger partial charge in [-0.2, -0.15) is 13.5 Å². The number of urea groups is 1. The second kappa shape index (κ2) is 8.95. The number of benzene rings is 2. The zero-order valence-electron chi connectivity index (χ0n) is 14.7. The summed E-state index contributed by atoms with van der Waals surface area (Å²) in [5, 5.41) is 10.3. The summed E-state index contributed by atoms with van der Waals surface area (Å²) in [7, 11) is -8.57. The summed E-state index contributed by atoms with van der Waals surface area (Å²) < 4.78 is 57.7. The van der Waals surface area contributed by atoms with Gasteiger partial charge in [0.25, 0.3) is 0 Å². The maximum absolute atomic E-state index is 12.1. The van der Waals surface area contributed by atoms with Gasteiger partial charge in [-0.05, 0) is 36.4 Å². The molecule has 156 valence electrons. The van der Waals surface area contributed by atoms with Gasteiger partial charge < -0.3 is 16.8 Å². The van der Waals surface area contributed by atoms with Crippen LogP contribution < -0.4 is 16.8 Å². The largest absolute Gasteiger partial charge is 0.397 e. The van der Waals surface area contributed by atoms with E-state index in [0.29, 0.717) is 0 Å². The van der Waals surface area contributed by atoms with Gasteiger partial charge in [0.1, 0.15) is 5.69 Å². The van der Waals surface area contributed by atoms with Crippen molar-refractivity contribution in [1.29, 1.82) is 0 Å². The van der Waals surface area contributed by atoms with Crippen LogP contribution >= 0.6 is 0 Å². The van der Waals surface area contributed by atoms with Crippen molar-refractivity contribution in [1.82, 2.24) is 0 Å². The first kappa shape index (κ1) is 22.2. The monoisotopic (exact) mass is 443 g/mol. The fourth-order valence-corrected chi connectivity index (χ4v) is 3.59. The Balaban J connectivity index is 2.16. The van der Waals surface area contributed by atoms with Crippen LogP contribution in [-0.4, -0.2) is 39.8 Å². The third-order valence-corrected chi connectivity index (χ3v) is 5.53. The van der Waals surface area contributed by atoms with Crippen LogP contribution in [0, 0.1) is 0 Å². The van der Waals surface area contributed by atoms with E-state index in [1.54, 1.807) is 12.1 Å². The molecule has 12 nitrogen and oxygen atoms in total. The Bertz CT molecular complexity index is 1130. The molecular formula is C15H17N5O7S2. The fourth-order valence-electron chi connectivity index (χ4n) is 2.10. The first-order chi connectivity index (χ1) is 13.5. The number of sulfone groups is 1. The first-order valence-corrected chi connectivity index (χ1v) is 10.8. The van der Waals surface area contributed by atoms with Crippen molar-refractivity contribution in [3.8, 4) is 0 Å². The van der Waals surface area contributed by atoms with E-state index in [0.717, 1.165) is 0 Å². The van der Waals surface area contributed by atoms with Crippen molar-refractivity contribution in [2.45, 2.75) is 4.90 Å². The quantitative estimate of drug-likeness (QED) is 0.268. The predicted molar refractivity (Wildman–Crippen MR) is 104 cm³/mol. The van der Waals surface area contributed by atoms with E-state index in [4.69, 9.17) is 16.0 Å². The summed E-state index contributed by atoms with van der Waals surface area (Å²) >= 11 is 0. The molecule has 0 aliphatic heterocycles. The van der Waals surface area contributed by atoms with Crippen LogP contribution in [0.5, 0.6) is 0 Å². The Morgan fingerprint density at radius 3 is 2.31 bits per heavy atom. The molecule has 14 heteroatoms. The van der Waals surface area contributed by atoms with Crippen molar-refractivity contribution in [3.63, 3.8) is 0 Å². The lowest BCUT2D eigenvalue weighted by Crippen LogP contribution is -2.19. The predicted octanol–water partition coefficient (Wildman–Crippen LogP) is 1.77. The van der Waals surface area contributed by atoms with Crippen LogP contribution in [0.15, 0.2) is 57.6 Å². The maximum Gasteiger partial charge on any atom is 0.397 e. The topological polar surface area (TPSA) is 204 Å². The van der Waals surface area contributed by atoms with Crippen LogP contribution in [-0.2, 0) is 24.4 Å². The van der Waals surface area contributed by atoms with Crippen LogP contribution in [0.4, 0.5) is 27.5 Å². The molecule has 0 aliphatic rings. The number of nitrogens with one attached hydrogen (secondary N) is 1. The Labute approximate surface area is 166 Å². The standard InChI is InChI=1S/C15H17N5O7S2/c16-12-2-1-3-13(18-15(17)21)14(12)20-19-10-4-6-11(7-5-10)28(22,23)9-8-27-29(24,25)26/h1-7H,8-9,16H2,(H3,17,18,21)(H,24,25,26). The summed E-state index contributed by atoms with van der Waals surface area (Å²) in [5.41, 5.74) is 11.9. The second-order valence-electron chi connectivity index (χ2n) is 5.50. The third kappa shape index (κ3) is 6.79. The summed E-state index contributed by atoms with van der Waals surface area (Å²) in [6.45, 7) is -0.731. The minimum Gasteiger partial charge on any atom is -0.397 e. The molecular weight excluding hydrogens is 426 g/mol. The lowest BCUT2D eigenvalue weighted by Gasteiger charge is -2.07. The fraction of sp³-hybridized carbons (Fsp3) is 0.133. The smallest absolute Gasteiger partial charge is 0.397 e. The number of primary amides is 1. The molecule has 0 saturated carbocycles. The minimum absolute atomic E-state index is 0.106. The van der Waals surface area contributed by atoms with Crippen molar-refractivity contribution in [2.75, 3.05) is 23.4 Å². The maximum atomic E-state index is 12.1. The number of nitrogens with zero attached hydrogens (tertiary/aromatic N) is 2. The molecule has 0 aromatic heterocycles. The van der Waals surface area contributed by atoms with E-state index >= 15 is 0 Å². The number of nitrogens with two attached hydrogens (primary N) is 2. The summed E-state index contributed by atoms with van der Waals surface area (Å²) in [5.74, 6) is -0.656. The van der Waals surface area contributed by atoms with Crippen LogP contribution in [0.3, 0.4) is 0 Å². The zero-order valence-corrected chi connectivity index (χ0v) is 16.4. The number of nitrogen functional groups attached to an aromatic ring is 1. The lowest BCUT2D eigenvalue weighted by atomic mass is 10.2. The van der Waals surface area contributed by atoms with E-state index < -0.39 is 38.6 Å². The molecule has 2 aromatic rings. The molecule has 0 aliphatic carbocycles. The molecule has 0 spiro atoms. The van der Waals surface area contributed by atoms with Crippen molar-refractivity contribution >= 4 is 49.0 Å². The van der Waals surface area contributed by atoms with Crippen molar-refractivity contribution < 1.29 is 30.4 Å². The van der Waals surface area contributed by atoms with E-state index in [9.17, 15) is 21.6 Å². The van der Waals surface area contributed by atoms with Gasteiger partial charge in [0.15, 0.2) is 9.84 Å².